The Morgan fingerprint density at radius 1 is 1.26 bits per heavy atom. The van der Waals surface area contributed by atoms with Gasteiger partial charge in [0, 0.05) is 5.56 Å². The van der Waals surface area contributed by atoms with Gasteiger partial charge >= 0.3 is 0 Å². The van der Waals surface area contributed by atoms with E-state index in [0.29, 0.717) is 22.3 Å². The van der Waals surface area contributed by atoms with Crippen LogP contribution in [-0.4, -0.2) is 15.1 Å². The lowest BCUT2D eigenvalue weighted by atomic mass is 10.1. The van der Waals surface area contributed by atoms with Crippen molar-refractivity contribution in [3.05, 3.63) is 46.9 Å². The molecular formula is C14H15ClN2O2. The highest BCUT2D eigenvalue weighted by Crippen LogP contribution is 2.33. The summed E-state index contributed by atoms with van der Waals surface area (Å²) < 4.78 is 5.78. The zero-order chi connectivity index (χ0) is 13.8. The largest absolute Gasteiger partial charge is 0.438 e. The summed E-state index contributed by atoms with van der Waals surface area (Å²) in [6.07, 6.45) is 1.37. The van der Waals surface area contributed by atoms with Gasteiger partial charge in [-0.2, -0.15) is 0 Å². The number of rotatable bonds is 4. The van der Waals surface area contributed by atoms with E-state index in [-0.39, 0.29) is 12.5 Å². The second kappa shape index (κ2) is 5.99. The Labute approximate surface area is 117 Å². The number of aliphatic hydroxyl groups excluding tert-OH is 1. The number of benzene rings is 1. The minimum Gasteiger partial charge on any atom is -0.438 e. The van der Waals surface area contributed by atoms with E-state index in [1.807, 2.05) is 26.0 Å². The van der Waals surface area contributed by atoms with Crippen LogP contribution in [0.1, 0.15) is 30.9 Å². The lowest BCUT2D eigenvalue weighted by molar-refractivity contribution is 0.276. The zero-order valence-corrected chi connectivity index (χ0v) is 11.6. The molecule has 2 rings (SSSR count). The van der Waals surface area contributed by atoms with Gasteiger partial charge in [0.25, 0.3) is 0 Å². The number of hydrogen-bond donors (Lipinski definition) is 1. The fourth-order valence-electron chi connectivity index (χ4n) is 1.76. The highest BCUT2D eigenvalue weighted by Gasteiger charge is 2.16. The van der Waals surface area contributed by atoms with E-state index in [1.165, 1.54) is 6.33 Å². The first-order valence-electron chi connectivity index (χ1n) is 6.00. The van der Waals surface area contributed by atoms with Crippen LogP contribution in [0, 0.1) is 0 Å². The van der Waals surface area contributed by atoms with Crippen molar-refractivity contribution in [2.24, 2.45) is 0 Å². The maximum absolute atomic E-state index is 9.29. The number of hydrogen-bond acceptors (Lipinski definition) is 4. The third-order valence-corrected chi connectivity index (χ3v) is 3.03. The Morgan fingerprint density at radius 2 is 2.00 bits per heavy atom. The number of aliphatic hydroxyl groups is 1. The van der Waals surface area contributed by atoms with Crippen LogP contribution in [0.4, 0.5) is 0 Å². The Kier molecular flexibility index (Phi) is 4.35. The standard InChI is InChI=1S/C14H15ClN2O2/c1-9(2)12-13(15)16-8-17-14(12)19-11-6-4-3-5-10(11)7-18/h3-6,8-9,18H,7H2,1-2H3. The third-order valence-electron chi connectivity index (χ3n) is 2.73. The summed E-state index contributed by atoms with van der Waals surface area (Å²) in [6, 6.07) is 7.26. The van der Waals surface area contributed by atoms with Gasteiger partial charge in [0.1, 0.15) is 17.2 Å². The molecule has 1 aromatic heterocycles. The molecule has 0 aliphatic carbocycles. The Hall–Kier alpha value is -1.65. The molecule has 0 unspecified atom stereocenters. The molecule has 0 atom stereocenters. The predicted molar refractivity (Wildman–Crippen MR) is 73.6 cm³/mol. The first-order valence-corrected chi connectivity index (χ1v) is 6.38. The summed E-state index contributed by atoms with van der Waals surface area (Å²) in [7, 11) is 0. The van der Waals surface area contributed by atoms with Crippen LogP contribution >= 0.6 is 11.6 Å². The van der Waals surface area contributed by atoms with Crippen molar-refractivity contribution in [1.82, 2.24) is 9.97 Å². The maximum atomic E-state index is 9.29. The van der Waals surface area contributed by atoms with Gasteiger partial charge in [0.05, 0.1) is 12.2 Å². The van der Waals surface area contributed by atoms with Gasteiger partial charge in [-0.25, -0.2) is 9.97 Å². The lowest BCUT2D eigenvalue weighted by Crippen LogP contribution is -2.01. The summed E-state index contributed by atoms with van der Waals surface area (Å²) in [4.78, 5) is 8.10. The smallest absolute Gasteiger partial charge is 0.227 e. The molecule has 0 saturated carbocycles. The molecule has 0 amide bonds. The minimum absolute atomic E-state index is 0.0913. The molecular weight excluding hydrogens is 264 g/mol. The lowest BCUT2D eigenvalue weighted by Gasteiger charge is -2.14. The molecule has 19 heavy (non-hydrogen) atoms. The van der Waals surface area contributed by atoms with E-state index in [2.05, 4.69) is 9.97 Å². The topological polar surface area (TPSA) is 55.2 Å². The van der Waals surface area contributed by atoms with Crippen LogP contribution in [0.2, 0.25) is 5.15 Å². The van der Waals surface area contributed by atoms with Crippen molar-refractivity contribution in [3.63, 3.8) is 0 Å². The van der Waals surface area contributed by atoms with E-state index in [1.54, 1.807) is 12.1 Å². The van der Waals surface area contributed by atoms with E-state index >= 15 is 0 Å². The number of para-hydroxylation sites is 1. The molecule has 4 nitrogen and oxygen atoms in total. The second-order valence-corrected chi connectivity index (χ2v) is 4.76. The summed E-state index contributed by atoms with van der Waals surface area (Å²) in [5.74, 6) is 1.14. The van der Waals surface area contributed by atoms with Crippen molar-refractivity contribution in [1.29, 1.82) is 0 Å². The predicted octanol–water partition coefficient (Wildman–Crippen LogP) is 3.54. The van der Waals surface area contributed by atoms with Crippen LogP contribution in [0.5, 0.6) is 11.6 Å². The van der Waals surface area contributed by atoms with Gasteiger partial charge in [-0.1, -0.05) is 43.6 Å². The summed E-state index contributed by atoms with van der Waals surface area (Å²) in [5, 5.41) is 9.68. The average molecular weight is 279 g/mol. The molecule has 0 spiro atoms. The number of aromatic nitrogens is 2. The van der Waals surface area contributed by atoms with E-state index < -0.39 is 0 Å². The van der Waals surface area contributed by atoms with Crippen molar-refractivity contribution >= 4 is 11.6 Å². The van der Waals surface area contributed by atoms with Gasteiger partial charge < -0.3 is 9.84 Å². The second-order valence-electron chi connectivity index (χ2n) is 4.41. The molecule has 1 N–H and O–H groups in total. The third kappa shape index (κ3) is 3.03. The number of nitrogens with zero attached hydrogens (tertiary/aromatic N) is 2. The monoisotopic (exact) mass is 278 g/mol. The van der Waals surface area contributed by atoms with Crippen molar-refractivity contribution in [3.8, 4) is 11.6 Å². The quantitative estimate of drug-likeness (QED) is 0.869. The molecule has 0 aliphatic rings. The molecule has 2 aromatic rings. The van der Waals surface area contributed by atoms with Gasteiger partial charge in [-0.05, 0) is 12.0 Å². The highest BCUT2D eigenvalue weighted by molar-refractivity contribution is 6.30. The fourth-order valence-corrected chi connectivity index (χ4v) is 2.11. The first-order chi connectivity index (χ1) is 9.13. The molecule has 0 bridgehead atoms. The molecule has 0 radical (unpaired) electrons. The molecule has 5 heteroatoms. The van der Waals surface area contributed by atoms with Crippen molar-refractivity contribution < 1.29 is 9.84 Å². The number of ether oxygens (including phenoxy) is 1. The Morgan fingerprint density at radius 3 is 2.68 bits per heavy atom. The highest BCUT2D eigenvalue weighted by atomic mass is 35.5. The van der Waals surface area contributed by atoms with E-state index in [9.17, 15) is 5.11 Å². The van der Waals surface area contributed by atoms with Crippen molar-refractivity contribution in [2.45, 2.75) is 26.4 Å². The van der Waals surface area contributed by atoms with E-state index in [0.717, 1.165) is 5.56 Å². The maximum Gasteiger partial charge on any atom is 0.227 e. The summed E-state index contributed by atoms with van der Waals surface area (Å²) in [5.41, 5.74) is 1.46. The van der Waals surface area contributed by atoms with Crippen LogP contribution in [0.15, 0.2) is 30.6 Å². The van der Waals surface area contributed by atoms with Crippen LogP contribution in [-0.2, 0) is 6.61 Å². The normalized spacial score (nSPS) is 10.8. The van der Waals surface area contributed by atoms with Gasteiger partial charge in [0.2, 0.25) is 5.88 Å². The molecule has 1 heterocycles. The van der Waals surface area contributed by atoms with E-state index in [4.69, 9.17) is 16.3 Å². The summed E-state index contributed by atoms with van der Waals surface area (Å²) >= 11 is 6.08. The van der Waals surface area contributed by atoms with Crippen LogP contribution in [0.25, 0.3) is 0 Å². The zero-order valence-electron chi connectivity index (χ0n) is 10.8. The van der Waals surface area contributed by atoms with Gasteiger partial charge in [-0.15, -0.1) is 0 Å². The Bertz CT molecular complexity index is 573. The SMILES string of the molecule is CC(C)c1c(Cl)ncnc1Oc1ccccc1CO. The first kappa shape index (κ1) is 13.8. The molecule has 0 fully saturated rings. The van der Waals surface area contributed by atoms with Crippen LogP contribution < -0.4 is 4.74 Å². The summed E-state index contributed by atoms with van der Waals surface area (Å²) in [6.45, 7) is 3.90. The van der Waals surface area contributed by atoms with Crippen molar-refractivity contribution in [2.75, 3.05) is 0 Å². The van der Waals surface area contributed by atoms with Gasteiger partial charge in [0.15, 0.2) is 0 Å². The van der Waals surface area contributed by atoms with Gasteiger partial charge in [-0.3, -0.25) is 0 Å². The Balaban J connectivity index is 2.41. The molecule has 100 valence electrons. The minimum atomic E-state index is -0.0913. The van der Waals surface area contributed by atoms with Crippen LogP contribution in [0.3, 0.4) is 0 Å². The molecule has 0 saturated heterocycles. The fraction of sp³-hybridized carbons (Fsp3) is 0.286. The molecule has 0 aliphatic heterocycles. The average Bonchev–Trinajstić information content (AvgIpc) is 2.39. The molecule has 1 aromatic carbocycles. The number of halogens is 1.